The number of hydrogen-bond donors (Lipinski definition) is 2. The minimum atomic E-state index is 0.444. The maximum atomic E-state index is 5.23. The van der Waals surface area contributed by atoms with Crippen molar-refractivity contribution >= 4 is 5.96 Å². The largest absolute Gasteiger partial charge is 0.497 e. The van der Waals surface area contributed by atoms with Crippen molar-refractivity contribution in [1.29, 1.82) is 0 Å². The lowest BCUT2D eigenvalue weighted by Gasteiger charge is -2.16. The van der Waals surface area contributed by atoms with Gasteiger partial charge in [-0.1, -0.05) is 19.1 Å². The molecular formula is C16H27N3O. The van der Waals surface area contributed by atoms with Crippen molar-refractivity contribution in [3.63, 3.8) is 0 Å². The van der Waals surface area contributed by atoms with E-state index in [0.29, 0.717) is 6.04 Å². The van der Waals surface area contributed by atoms with Gasteiger partial charge in [0.25, 0.3) is 0 Å². The van der Waals surface area contributed by atoms with E-state index in [1.165, 1.54) is 5.56 Å². The third kappa shape index (κ3) is 5.95. The molecule has 0 saturated heterocycles. The van der Waals surface area contributed by atoms with Crippen molar-refractivity contribution < 1.29 is 4.74 Å². The van der Waals surface area contributed by atoms with Crippen LogP contribution in [-0.2, 0) is 6.42 Å². The Hall–Kier alpha value is -1.71. The lowest BCUT2D eigenvalue weighted by molar-refractivity contribution is 0.414. The smallest absolute Gasteiger partial charge is 0.191 e. The van der Waals surface area contributed by atoms with E-state index in [1.807, 2.05) is 12.1 Å². The maximum absolute atomic E-state index is 5.23. The molecule has 0 heterocycles. The molecule has 0 radical (unpaired) electrons. The Bertz CT molecular complexity index is 418. The Morgan fingerprint density at radius 3 is 2.85 bits per heavy atom. The molecule has 0 spiro atoms. The molecule has 2 N–H and O–H groups in total. The van der Waals surface area contributed by atoms with Crippen molar-refractivity contribution in [1.82, 2.24) is 10.6 Å². The van der Waals surface area contributed by atoms with E-state index in [-0.39, 0.29) is 0 Å². The highest BCUT2D eigenvalue weighted by Gasteiger charge is 2.02. The summed E-state index contributed by atoms with van der Waals surface area (Å²) in [6.45, 7) is 5.23. The van der Waals surface area contributed by atoms with Crippen LogP contribution in [0.15, 0.2) is 29.3 Å². The quantitative estimate of drug-likeness (QED) is 0.457. The van der Waals surface area contributed by atoms with Crippen LogP contribution in [0.2, 0.25) is 0 Å². The number of rotatable bonds is 7. The number of aliphatic imine (C=N–C) groups is 1. The second kappa shape index (κ2) is 9.23. The van der Waals surface area contributed by atoms with Crippen LogP contribution in [0.3, 0.4) is 0 Å². The Morgan fingerprint density at radius 2 is 2.20 bits per heavy atom. The minimum Gasteiger partial charge on any atom is -0.497 e. The molecule has 1 atom stereocenters. The van der Waals surface area contributed by atoms with Gasteiger partial charge in [0.15, 0.2) is 5.96 Å². The van der Waals surface area contributed by atoms with Crippen LogP contribution in [0.25, 0.3) is 0 Å². The van der Waals surface area contributed by atoms with E-state index < -0.39 is 0 Å². The first-order chi connectivity index (χ1) is 9.69. The summed E-state index contributed by atoms with van der Waals surface area (Å²) in [5.74, 6) is 1.80. The molecule has 0 aliphatic heterocycles. The van der Waals surface area contributed by atoms with Crippen LogP contribution in [-0.4, -0.2) is 32.7 Å². The van der Waals surface area contributed by atoms with E-state index in [9.17, 15) is 0 Å². The van der Waals surface area contributed by atoms with Crippen LogP contribution < -0.4 is 15.4 Å². The Balaban J connectivity index is 2.29. The summed E-state index contributed by atoms with van der Waals surface area (Å²) < 4.78 is 5.23. The molecule has 1 aromatic rings. The van der Waals surface area contributed by atoms with E-state index in [2.05, 4.69) is 41.6 Å². The van der Waals surface area contributed by atoms with Gasteiger partial charge in [-0.2, -0.15) is 0 Å². The number of methoxy groups -OCH3 is 1. The number of guanidine groups is 1. The molecule has 1 aromatic carbocycles. The van der Waals surface area contributed by atoms with Crippen molar-refractivity contribution in [3.8, 4) is 5.75 Å². The van der Waals surface area contributed by atoms with Gasteiger partial charge in [0.1, 0.15) is 5.75 Å². The highest BCUT2D eigenvalue weighted by Crippen LogP contribution is 2.13. The highest BCUT2D eigenvalue weighted by atomic mass is 16.5. The van der Waals surface area contributed by atoms with Crippen molar-refractivity contribution in [3.05, 3.63) is 29.8 Å². The SMILES string of the molecule is CCC(C)NC(=NC)NCCCc1cccc(OC)c1. The molecule has 1 unspecified atom stereocenters. The minimum absolute atomic E-state index is 0.444. The maximum Gasteiger partial charge on any atom is 0.191 e. The molecule has 0 aliphatic rings. The molecule has 1 rings (SSSR count). The van der Waals surface area contributed by atoms with E-state index in [0.717, 1.165) is 37.5 Å². The van der Waals surface area contributed by atoms with Crippen LogP contribution in [0.5, 0.6) is 5.75 Å². The monoisotopic (exact) mass is 277 g/mol. The summed E-state index contributed by atoms with van der Waals surface area (Å²) in [6, 6.07) is 8.67. The van der Waals surface area contributed by atoms with Gasteiger partial charge in [-0.15, -0.1) is 0 Å². The summed E-state index contributed by atoms with van der Waals surface area (Å²) in [4.78, 5) is 4.22. The number of aryl methyl sites for hydroxylation is 1. The number of ether oxygens (including phenoxy) is 1. The van der Waals surface area contributed by atoms with E-state index in [1.54, 1.807) is 14.2 Å². The second-order valence-electron chi connectivity index (χ2n) is 4.91. The van der Waals surface area contributed by atoms with Crippen LogP contribution in [0.4, 0.5) is 0 Å². The van der Waals surface area contributed by atoms with Crippen molar-refractivity contribution in [2.24, 2.45) is 4.99 Å². The average Bonchev–Trinajstić information content (AvgIpc) is 2.50. The summed E-state index contributed by atoms with van der Waals surface area (Å²) >= 11 is 0. The third-order valence-corrected chi connectivity index (χ3v) is 3.29. The summed E-state index contributed by atoms with van der Waals surface area (Å²) in [5.41, 5.74) is 1.30. The second-order valence-corrected chi connectivity index (χ2v) is 4.91. The Labute approximate surface area is 122 Å². The zero-order valence-corrected chi connectivity index (χ0v) is 13.1. The summed E-state index contributed by atoms with van der Waals surface area (Å²) in [7, 11) is 3.50. The van der Waals surface area contributed by atoms with Crippen LogP contribution in [0, 0.1) is 0 Å². The molecule has 0 aromatic heterocycles. The average molecular weight is 277 g/mol. The van der Waals surface area contributed by atoms with Gasteiger partial charge in [-0.25, -0.2) is 0 Å². The Morgan fingerprint density at radius 1 is 1.40 bits per heavy atom. The first-order valence-corrected chi connectivity index (χ1v) is 7.29. The van der Waals surface area contributed by atoms with Gasteiger partial charge < -0.3 is 15.4 Å². The summed E-state index contributed by atoms with van der Waals surface area (Å²) in [6.07, 6.45) is 3.18. The molecule has 0 saturated carbocycles. The van der Waals surface area contributed by atoms with Gasteiger partial charge in [-0.05, 0) is 43.9 Å². The number of benzene rings is 1. The fourth-order valence-electron chi connectivity index (χ4n) is 1.86. The number of nitrogens with zero attached hydrogens (tertiary/aromatic N) is 1. The zero-order valence-electron chi connectivity index (χ0n) is 13.1. The number of nitrogens with one attached hydrogen (secondary N) is 2. The van der Waals surface area contributed by atoms with Gasteiger partial charge in [0.05, 0.1) is 7.11 Å². The van der Waals surface area contributed by atoms with Crippen molar-refractivity contribution in [2.45, 2.75) is 39.2 Å². The fourth-order valence-corrected chi connectivity index (χ4v) is 1.86. The normalized spacial score (nSPS) is 12.9. The zero-order chi connectivity index (χ0) is 14.8. The molecular weight excluding hydrogens is 250 g/mol. The lowest BCUT2D eigenvalue weighted by Crippen LogP contribution is -2.42. The first-order valence-electron chi connectivity index (χ1n) is 7.29. The van der Waals surface area contributed by atoms with Gasteiger partial charge >= 0.3 is 0 Å². The van der Waals surface area contributed by atoms with E-state index >= 15 is 0 Å². The predicted octanol–water partition coefficient (Wildman–Crippen LogP) is 2.59. The first kappa shape index (κ1) is 16.3. The molecule has 0 amide bonds. The van der Waals surface area contributed by atoms with Gasteiger partial charge in [0, 0.05) is 19.6 Å². The number of hydrogen-bond acceptors (Lipinski definition) is 2. The van der Waals surface area contributed by atoms with Gasteiger partial charge in [-0.3, -0.25) is 4.99 Å². The highest BCUT2D eigenvalue weighted by molar-refractivity contribution is 5.79. The fraction of sp³-hybridized carbons (Fsp3) is 0.562. The van der Waals surface area contributed by atoms with E-state index in [4.69, 9.17) is 4.74 Å². The molecule has 4 nitrogen and oxygen atoms in total. The lowest BCUT2D eigenvalue weighted by atomic mass is 10.1. The topological polar surface area (TPSA) is 45.7 Å². The molecule has 0 fully saturated rings. The predicted molar refractivity (Wildman–Crippen MR) is 85.6 cm³/mol. The molecule has 0 bridgehead atoms. The third-order valence-electron chi connectivity index (χ3n) is 3.29. The van der Waals surface area contributed by atoms with Crippen molar-refractivity contribution in [2.75, 3.05) is 20.7 Å². The molecule has 4 heteroatoms. The van der Waals surface area contributed by atoms with Crippen LogP contribution in [0.1, 0.15) is 32.3 Å². The molecule has 20 heavy (non-hydrogen) atoms. The standard InChI is InChI=1S/C16H27N3O/c1-5-13(2)19-16(17-3)18-11-7-9-14-8-6-10-15(12-14)20-4/h6,8,10,12-13H,5,7,9,11H2,1-4H3,(H2,17,18,19). The molecule has 112 valence electrons. The Kier molecular flexibility index (Phi) is 7.55. The molecule has 0 aliphatic carbocycles. The summed E-state index contributed by atoms with van der Waals surface area (Å²) in [5, 5.41) is 6.69. The van der Waals surface area contributed by atoms with Gasteiger partial charge in [0.2, 0.25) is 0 Å². The van der Waals surface area contributed by atoms with Crippen LogP contribution >= 0.6 is 0 Å².